The molecule has 3 rings (SSSR count). The summed E-state index contributed by atoms with van der Waals surface area (Å²) in [5.74, 6) is 0.701. The van der Waals surface area contributed by atoms with E-state index in [1.54, 1.807) is 4.90 Å². The van der Waals surface area contributed by atoms with Gasteiger partial charge in [-0.3, -0.25) is 9.69 Å². The number of piperazine rings is 1. The van der Waals surface area contributed by atoms with Crippen LogP contribution in [0.1, 0.15) is 79.2 Å². The van der Waals surface area contributed by atoms with Crippen LogP contribution in [-0.4, -0.2) is 61.6 Å². The zero-order valence-electron chi connectivity index (χ0n) is 24.3. The van der Waals surface area contributed by atoms with E-state index in [9.17, 15) is 18.0 Å². The first-order valence-corrected chi connectivity index (χ1v) is 13.9. The molecular formula is C31H44F3N3O2. The summed E-state index contributed by atoms with van der Waals surface area (Å²) in [6.07, 6.45) is -2.33. The summed E-state index contributed by atoms with van der Waals surface area (Å²) < 4.78 is 44.6. The van der Waals surface area contributed by atoms with Crippen LogP contribution in [0.15, 0.2) is 36.4 Å². The van der Waals surface area contributed by atoms with Gasteiger partial charge in [-0.25, -0.2) is 0 Å². The highest BCUT2D eigenvalue weighted by atomic mass is 19.4. The van der Waals surface area contributed by atoms with E-state index in [2.05, 4.69) is 63.9 Å². The number of halogens is 3. The highest BCUT2D eigenvalue weighted by Gasteiger charge is 2.31. The second kappa shape index (κ2) is 13.2. The number of nitrogens with one attached hydrogen (secondary N) is 1. The van der Waals surface area contributed by atoms with Crippen molar-refractivity contribution in [3.05, 3.63) is 64.2 Å². The summed E-state index contributed by atoms with van der Waals surface area (Å²) in [7, 11) is 0. The molecule has 1 heterocycles. The van der Waals surface area contributed by atoms with Gasteiger partial charge in [-0.2, -0.15) is 13.2 Å². The minimum absolute atomic E-state index is 0.176. The van der Waals surface area contributed by atoms with E-state index in [0.29, 0.717) is 38.2 Å². The SMILES string of the molecule is Cc1c(OCCCCNCC(C)(C)C)ccc(C(C)N2CCN(C(=O)c3ccc(C(F)(F)F)cc3)CC2)c1C. The molecule has 0 saturated carbocycles. The van der Waals surface area contributed by atoms with Gasteiger partial charge in [0.15, 0.2) is 0 Å². The van der Waals surface area contributed by atoms with E-state index in [4.69, 9.17) is 4.74 Å². The van der Waals surface area contributed by atoms with Crippen LogP contribution < -0.4 is 10.1 Å². The third-order valence-electron chi connectivity index (χ3n) is 7.50. The zero-order valence-corrected chi connectivity index (χ0v) is 24.3. The Morgan fingerprint density at radius 2 is 1.59 bits per heavy atom. The number of carbonyl (C=O) groups excluding carboxylic acids is 1. The van der Waals surface area contributed by atoms with Gasteiger partial charge in [0.1, 0.15) is 5.75 Å². The Balaban J connectivity index is 1.49. The fraction of sp³-hybridized carbons (Fsp3) is 0.581. The Morgan fingerprint density at radius 1 is 0.949 bits per heavy atom. The maximum atomic E-state index is 12.9. The summed E-state index contributed by atoms with van der Waals surface area (Å²) in [4.78, 5) is 16.9. The third kappa shape index (κ3) is 8.70. The molecule has 8 heteroatoms. The van der Waals surface area contributed by atoms with E-state index >= 15 is 0 Å². The molecule has 1 saturated heterocycles. The lowest BCUT2D eigenvalue weighted by Crippen LogP contribution is -2.49. The number of benzene rings is 2. The van der Waals surface area contributed by atoms with Crippen molar-refractivity contribution in [3.8, 4) is 5.75 Å². The van der Waals surface area contributed by atoms with E-state index in [0.717, 1.165) is 49.4 Å². The normalized spacial score (nSPS) is 15.9. The van der Waals surface area contributed by atoms with Crippen LogP contribution in [0.4, 0.5) is 13.2 Å². The van der Waals surface area contributed by atoms with Crippen molar-refractivity contribution in [1.29, 1.82) is 0 Å². The average Bonchev–Trinajstić information content (AvgIpc) is 2.88. The molecule has 1 atom stereocenters. The van der Waals surface area contributed by atoms with Crippen molar-refractivity contribution < 1.29 is 22.7 Å². The summed E-state index contributed by atoms with van der Waals surface area (Å²) in [6, 6.07) is 8.85. The molecule has 0 aromatic heterocycles. The van der Waals surface area contributed by atoms with E-state index in [1.807, 2.05) is 0 Å². The Labute approximate surface area is 231 Å². The molecule has 0 bridgehead atoms. The van der Waals surface area contributed by atoms with Crippen molar-refractivity contribution in [2.24, 2.45) is 5.41 Å². The predicted octanol–water partition coefficient (Wildman–Crippen LogP) is 6.64. The Kier molecular flexibility index (Phi) is 10.5. The van der Waals surface area contributed by atoms with E-state index < -0.39 is 11.7 Å². The van der Waals surface area contributed by atoms with Gasteiger partial charge in [0, 0.05) is 37.8 Å². The van der Waals surface area contributed by atoms with Crippen LogP contribution in [0, 0.1) is 19.3 Å². The highest BCUT2D eigenvalue weighted by molar-refractivity contribution is 5.94. The molecule has 1 fully saturated rings. The second-order valence-corrected chi connectivity index (χ2v) is 11.8. The molecule has 1 aliphatic heterocycles. The van der Waals surface area contributed by atoms with Crippen molar-refractivity contribution in [2.75, 3.05) is 45.9 Å². The van der Waals surface area contributed by atoms with Crippen LogP contribution in [0.2, 0.25) is 0 Å². The molecular weight excluding hydrogens is 503 g/mol. The summed E-state index contributed by atoms with van der Waals surface area (Å²) >= 11 is 0. The lowest BCUT2D eigenvalue weighted by Gasteiger charge is -2.39. The van der Waals surface area contributed by atoms with Crippen LogP contribution in [-0.2, 0) is 6.18 Å². The minimum atomic E-state index is -4.41. The van der Waals surface area contributed by atoms with Crippen LogP contribution in [0.25, 0.3) is 0 Å². The van der Waals surface area contributed by atoms with Gasteiger partial charge in [-0.05, 0) is 99.1 Å². The smallest absolute Gasteiger partial charge is 0.416 e. The first-order chi connectivity index (χ1) is 18.3. The monoisotopic (exact) mass is 547 g/mol. The molecule has 5 nitrogen and oxygen atoms in total. The molecule has 216 valence electrons. The van der Waals surface area contributed by atoms with Gasteiger partial charge in [0.25, 0.3) is 5.91 Å². The second-order valence-electron chi connectivity index (χ2n) is 11.8. The number of nitrogens with zero attached hydrogens (tertiary/aromatic N) is 2. The molecule has 2 aromatic rings. The molecule has 1 amide bonds. The van der Waals surface area contributed by atoms with Crippen molar-refractivity contribution in [1.82, 2.24) is 15.1 Å². The van der Waals surface area contributed by atoms with Crippen LogP contribution in [0.3, 0.4) is 0 Å². The number of hydrogen-bond donors (Lipinski definition) is 1. The van der Waals surface area contributed by atoms with Gasteiger partial charge in [-0.1, -0.05) is 26.8 Å². The maximum Gasteiger partial charge on any atom is 0.416 e. The zero-order chi connectivity index (χ0) is 28.8. The lowest BCUT2D eigenvalue weighted by molar-refractivity contribution is -0.137. The fourth-order valence-electron chi connectivity index (χ4n) is 4.92. The quantitative estimate of drug-likeness (QED) is 0.339. The highest BCUT2D eigenvalue weighted by Crippen LogP contribution is 2.32. The molecule has 0 aliphatic carbocycles. The van der Waals surface area contributed by atoms with E-state index in [-0.39, 0.29) is 17.5 Å². The molecule has 2 aromatic carbocycles. The number of rotatable bonds is 10. The predicted molar refractivity (Wildman–Crippen MR) is 150 cm³/mol. The molecule has 1 N–H and O–H groups in total. The van der Waals surface area contributed by atoms with Gasteiger partial charge < -0.3 is 15.0 Å². The number of unbranched alkanes of at least 4 members (excludes halogenated alkanes) is 1. The third-order valence-corrected chi connectivity index (χ3v) is 7.50. The molecule has 39 heavy (non-hydrogen) atoms. The van der Waals surface area contributed by atoms with Crippen molar-refractivity contribution >= 4 is 5.91 Å². The molecule has 0 spiro atoms. The van der Waals surface area contributed by atoms with Gasteiger partial charge in [0.2, 0.25) is 0 Å². The van der Waals surface area contributed by atoms with Gasteiger partial charge >= 0.3 is 6.18 Å². The largest absolute Gasteiger partial charge is 0.493 e. The maximum absolute atomic E-state index is 12.9. The Hall–Kier alpha value is -2.58. The number of alkyl halides is 3. The number of carbonyl (C=O) groups is 1. The summed E-state index contributed by atoms with van der Waals surface area (Å²) in [5.41, 5.74) is 3.45. The molecule has 1 aliphatic rings. The Bertz CT molecular complexity index is 1090. The van der Waals surface area contributed by atoms with Crippen LogP contribution >= 0.6 is 0 Å². The van der Waals surface area contributed by atoms with Crippen LogP contribution in [0.5, 0.6) is 5.75 Å². The number of hydrogen-bond acceptors (Lipinski definition) is 4. The first-order valence-electron chi connectivity index (χ1n) is 13.9. The van der Waals surface area contributed by atoms with Crippen molar-refractivity contribution in [3.63, 3.8) is 0 Å². The van der Waals surface area contributed by atoms with Gasteiger partial charge in [-0.15, -0.1) is 0 Å². The fourth-order valence-corrected chi connectivity index (χ4v) is 4.92. The van der Waals surface area contributed by atoms with Crippen molar-refractivity contribution in [2.45, 2.75) is 66.6 Å². The summed E-state index contributed by atoms with van der Waals surface area (Å²) in [6.45, 7) is 18.3. The Morgan fingerprint density at radius 3 is 2.18 bits per heavy atom. The topological polar surface area (TPSA) is 44.8 Å². The van der Waals surface area contributed by atoms with E-state index in [1.165, 1.54) is 23.3 Å². The minimum Gasteiger partial charge on any atom is -0.493 e. The number of ether oxygens (including phenoxy) is 1. The first kappa shape index (κ1) is 31.0. The molecule has 1 unspecified atom stereocenters. The molecule has 0 radical (unpaired) electrons. The lowest BCUT2D eigenvalue weighted by atomic mass is 9.96. The average molecular weight is 548 g/mol. The van der Waals surface area contributed by atoms with Gasteiger partial charge in [0.05, 0.1) is 12.2 Å². The standard InChI is InChI=1S/C31H44F3N3O2/c1-22-23(2)28(39-20-8-7-15-35-21-30(4,5)6)14-13-27(22)24(3)36-16-18-37(19-17-36)29(38)25-9-11-26(12-10-25)31(32,33)34/h9-14,24,35H,7-8,15-21H2,1-6H3. The summed E-state index contributed by atoms with van der Waals surface area (Å²) in [5, 5.41) is 3.50. The number of amides is 1.